The highest BCUT2D eigenvalue weighted by atomic mass is 32.1. The minimum absolute atomic E-state index is 0.0749. The lowest BCUT2D eigenvalue weighted by molar-refractivity contribution is -0.136. The van der Waals surface area contributed by atoms with Crippen LogP contribution in [0, 0.1) is 23.7 Å². The summed E-state index contributed by atoms with van der Waals surface area (Å²) < 4.78 is 21.6. The molecule has 8 atom stereocenters. The topological polar surface area (TPSA) is 317 Å². The number of allylic oxidation sites excluding steroid dienone is 2. The molecule has 28 heteroatoms. The molecule has 0 saturated carbocycles. The highest BCUT2D eigenvalue weighted by Gasteiger charge is 2.44. The molecule has 0 radical (unpaired) electrons. The molecule has 122 heavy (non-hydrogen) atoms. The van der Waals surface area contributed by atoms with Gasteiger partial charge < -0.3 is 69.8 Å². The number of thiophene rings is 2. The highest BCUT2D eigenvalue weighted by Crippen LogP contribution is 2.46. The number of benzene rings is 6. The quantitative estimate of drug-likeness (QED) is 0.0387. The summed E-state index contributed by atoms with van der Waals surface area (Å²) in [6.07, 6.45) is 9.40. The first-order chi connectivity index (χ1) is 58.8. The molecule has 10 aromatic rings. The number of carbonyl (C=O) groups excluding carboxylic acids is 8. The number of nitrogens with one attached hydrogen (secondary N) is 6. The Hall–Kier alpha value is -11.8. The van der Waals surface area contributed by atoms with Gasteiger partial charge in [-0.2, -0.15) is 0 Å². The van der Waals surface area contributed by atoms with E-state index in [0.717, 1.165) is 160 Å². The molecule has 26 nitrogen and oxygen atoms in total. The van der Waals surface area contributed by atoms with Gasteiger partial charge in [-0.25, -0.2) is 29.1 Å². The maximum absolute atomic E-state index is 13.8. The Morgan fingerprint density at radius 2 is 0.861 bits per heavy atom. The number of likely N-dealkylation sites (tertiary alicyclic amines) is 4. The first-order valence-corrected chi connectivity index (χ1v) is 44.3. The van der Waals surface area contributed by atoms with E-state index >= 15 is 0 Å². The Morgan fingerprint density at radius 1 is 0.426 bits per heavy atom. The van der Waals surface area contributed by atoms with E-state index in [0.29, 0.717) is 32.6 Å². The van der Waals surface area contributed by atoms with Gasteiger partial charge in [0, 0.05) is 80.9 Å². The van der Waals surface area contributed by atoms with Gasteiger partial charge in [0.05, 0.1) is 81.2 Å². The van der Waals surface area contributed by atoms with Crippen molar-refractivity contribution in [2.24, 2.45) is 33.7 Å². The number of aromatic amines is 2. The standard InChI is InChI=1S/C47H51N7O6S2.C47H55N7O6/c1-24(2)41(51-46(57)59-5)44(55)53-15-7-9-35(53)34-19-28-17-26(11-13-31(28)48-34)37-20-29-22-40-30(23-39(29)61-37)21-38(62-40)27-12-14-32-33(18-27)50-43(49-32)36-10-8-16-54(36)45(56)42(25(3)4)52-47(58)60-6;1-26(2)41(51-46(57)59-5)44(55)53-19-7-9-39(53)37-24-35-34-17-15-31(22-32(34)16-18-36(35)49-37)28-11-12-30-23-33(14-13-29(30)21-28)38-25-48-43(50-38)40-10-8-20-54(40)45(56)42(27(3)4)52-47(58)60-6/h11-14,17-18,20-25,35-36,41-42H,7-10,15-16,19H2,1-6H3,(H,49,50)(H,51,57)(H,52,58);11-15,17,21-23,25-27,39-42H,7-10,16,18-20,24H2,1-6H3,(H,48,50)(H,51,57)(H,52,58)/t35-,36-,41-,42-;39-,40-,41-,42-/m00/s1. The third kappa shape index (κ3) is 16.9. The minimum atomic E-state index is -0.685. The molecule has 6 aromatic carbocycles. The van der Waals surface area contributed by atoms with Crippen LogP contribution in [-0.4, -0.2) is 190 Å². The molecule has 0 bridgehead atoms. The lowest BCUT2D eigenvalue weighted by atomic mass is 9.85. The average molecular weight is 1690 g/mol. The number of hydrogen-bond acceptors (Lipinski definition) is 18. The van der Waals surface area contributed by atoms with Gasteiger partial charge in [0.15, 0.2) is 0 Å². The predicted octanol–water partition coefficient (Wildman–Crippen LogP) is 17.2. The number of hydrogen-bond donors (Lipinski definition) is 6. The maximum Gasteiger partial charge on any atom is 0.407 e. The van der Waals surface area contributed by atoms with E-state index in [4.69, 9.17) is 38.9 Å². The number of amides is 8. The number of nitrogens with zero attached hydrogens (tertiary/aromatic N) is 8. The van der Waals surface area contributed by atoms with Crippen molar-refractivity contribution in [1.29, 1.82) is 0 Å². The van der Waals surface area contributed by atoms with Gasteiger partial charge in [-0.3, -0.25) is 29.2 Å². The van der Waals surface area contributed by atoms with Gasteiger partial charge >= 0.3 is 24.4 Å². The number of H-pyrrole nitrogens is 2. The van der Waals surface area contributed by atoms with Crippen LogP contribution in [0.4, 0.5) is 24.9 Å². The summed E-state index contributed by atoms with van der Waals surface area (Å²) in [4.78, 5) is 140. The average Bonchev–Trinajstić information content (AvgIpc) is 1.49. The third-order valence-corrected chi connectivity index (χ3v) is 27.5. The number of fused-ring (bicyclic) bond motifs is 7. The smallest absolute Gasteiger partial charge is 0.407 e. The summed E-state index contributed by atoms with van der Waals surface area (Å²) in [5, 5.41) is 15.6. The summed E-state index contributed by atoms with van der Waals surface area (Å²) in [6, 6.07) is 38.4. The molecule has 17 rings (SSSR count). The molecule has 8 amide bonds. The third-order valence-electron chi connectivity index (χ3n) is 25.2. The number of aliphatic imine (C=N–C) groups is 2. The zero-order chi connectivity index (χ0) is 85.6. The van der Waals surface area contributed by atoms with Crippen molar-refractivity contribution >= 4 is 135 Å². The van der Waals surface area contributed by atoms with Crippen molar-refractivity contribution in [3.63, 3.8) is 0 Å². The summed E-state index contributed by atoms with van der Waals surface area (Å²) >= 11 is 3.55. The van der Waals surface area contributed by atoms with E-state index in [2.05, 4.69) is 140 Å². The second kappa shape index (κ2) is 35.4. The van der Waals surface area contributed by atoms with Gasteiger partial charge in [0.1, 0.15) is 35.8 Å². The monoisotopic (exact) mass is 1690 g/mol. The minimum Gasteiger partial charge on any atom is -0.453 e. The van der Waals surface area contributed by atoms with E-state index in [-0.39, 0.29) is 71.5 Å². The lowest BCUT2D eigenvalue weighted by Gasteiger charge is -2.31. The van der Waals surface area contributed by atoms with E-state index < -0.39 is 48.5 Å². The summed E-state index contributed by atoms with van der Waals surface area (Å²) in [5.74, 6) is 0.702. The molecule has 7 aliphatic rings. The molecule has 1 aliphatic carbocycles. The van der Waals surface area contributed by atoms with Crippen LogP contribution < -0.4 is 21.3 Å². The van der Waals surface area contributed by atoms with Gasteiger partial charge in [-0.1, -0.05) is 110 Å². The molecule has 4 saturated heterocycles. The highest BCUT2D eigenvalue weighted by molar-refractivity contribution is 7.24. The normalized spacial score (nSPS) is 19.0. The molecule has 0 unspecified atom stereocenters. The van der Waals surface area contributed by atoms with Crippen LogP contribution >= 0.6 is 22.7 Å². The molecule has 6 aliphatic heterocycles. The number of alkyl carbamates (subject to hydrolysis) is 4. The van der Waals surface area contributed by atoms with Crippen LogP contribution in [-0.2, 0) is 51.0 Å². The van der Waals surface area contributed by atoms with Crippen molar-refractivity contribution in [3.05, 3.63) is 155 Å². The van der Waals surface area contributed by atoms with Crippen LogP contribution in [0.5, 0.6) is 0 Å². The molecular weight excluding hydrogens is 1580 g/mol. The van der Waals surface area contributed by atoms with Crippen LogP contribution in [0.25, 0.3) is 90.8 Å². The zero-order valence-electron chi connectivity index (χ0n) is 71.1. The van der Waals surface area contributed by atoms with Crippen LogP contribution in [0.2, 0.25) is 0 Å². The fourth-order valence-corrected chi connectivity index (χ4v) is 20.8. The van der Waals surface area contributed by atoms with E-state index in [1.165, 1.54) is 80.6 Å². The number of methoxy groups -OCH3 is 4. The fourth-order valence-electron chi connectivity index (χ4n) is 18.7. The van der Waals surface area contributed by atoms with Gasteiger partial charge in [0.25, 0.3) is 0 Å². The van der Waals surface area contributed by atoms with Crippen LogP contribution in [0.3, 0.4) is 0 Å². The lowest BCUT2D eigenvalue weighted by Crippen LogP contribution is -2.53. The second-order valence-electron chi connectivity index (χ2n) is 34.4. The van der Waals surface area contributed by atoms with Crippen molar-refractivity contribution in [3.8, 4) is 43.3 Å². The molecule has 6 N–H and O–H groups in total. The second-order valence-corrected chi connectivity index (χ2v) is 36.5. The molecule has 636 valence electrons. The van der Waals surface area contributed by atoms with E-state index in [9.17, 15) is 38.4 Å². The predicted molar refractivity (Wildman–Crippen MR) is 476 cm³/mol. The maximum atomic E-state index is 13.8. The Labute approximate surface area is 717 Å². The number of rotatable bonds is 20. The first kappa shape index (κ1) is 83.9. The summed E-state index contributed by atoms with van der Waals surface area (Å²) in [7, 11) is 5.22. The Balaban J connectivity index is 0.000000181. The molecule has 4 aromatic heterocycles. The number of carbonyl (C=O) groups is 8. The molecule has 4 fully saturated rings. The van der Waals surface area contributed by atoms with E-state index in [1.54, 1.807) is 22.7 Å². The summed E-state index contributed by atoms with van der Waals surface area (Å²) in [5.41, 5.74) is 17.4. The number of aryl methyl sites for hydroxylation is 1. The molecule has 10 heterocycles. The first-order valence-electron chi connectivity index (χ1n) is 42.6. The SMILES string of the molecule is COC(=O)N[C@H](C(=O)N1CCC[C@H]1C1=NC2=C(C1)c1ccc(-c3ccc4cc(-c5cnc([C@@H]6CCCN6C(=O)[C@@H](NC(=O)OC)C(C)C)[nH]5)ccc4c3)cc1CC2)C(C)C.COC(=O)N[C@H](C(=O)N1CCC[C@H]1C1=Nc2ccc(-c3cc4cc5sc(-c6ccc7nc([C@@H]8CCCN8C(=O)[C@@H](NC(=O)OC)C(C)C)[nH]c7c6)cc5cc4s3)cc2C1)C(C)C. The number of aromatic nitrogens is 4. The van der Waals surface area contributed by atoms with Crippen molar-refractivity contribution < 1.29 is 57.3 Å². The molecular formula is C94H106N14O12S2. The molecule has 0 spiro atoms. The van der Waals surface area contributed by atoms with Crippen molar-refractivity contribution in [1.82, 2.24) is 60.8 Å². The van der Waals surface area contributed by atoms with Crippen LogP contribution in [0.1, 0.15) is 160 Å². The Bertz CT molecular complexity index is 5820. The Morgan fingerprint density at radius 3 is 1.38 bits per heavy atom. The Kier molecular flexibility index (Phi) is 24.3. The van der Waals surface area contributed by atoms with E-state index in [1.807, 2.05) is 87.3 Å². The number of imidazole rings is 2. The van der Waals surface area contributed by atoms with Gasteiger partial charge in [0.2, 0.25) is 23.6 Å². The largest absolute Gasteiger partial charge is 0.453 e. The van der Waals surface area contributed by atoms with Gasteiger partial charge in [-0.15, -0.1) is 22.7 Å². The fraction of sp³-hybridized carbons (Fsp3) is 0.426. The van der Waals surface area contributed by atoms with Crippen LogP contribution in [0.15, 0.2) is 137 Å². The van der Waals surface area contributed by atoms with Crippen molar-refractivity contribution in [2.45, 2.75) is 181 Å². The zero-order valence-corrected chi connectivity index (χ0v) is 72.7. The van der Waals surface area contributed by atoms with Crippen molar-refractivity contribution in [2.75, 3.05) is 54.6 Å². The summed E-state index contributed by atoms with van der Waals surface area (Å²) in [6.45, 7) is 17.9. The van der Waals surface area contributed by atoms with Gasteiger partial charge in [-0.05, 0) is 215 Å². The number of ether oxygens (including phenoxy) is 4.